The number of nitrogens with zero attached hydrogens (tertiary/aromatic N) is 6. The van der Waals surface area contributed by atoms with Crippen LogP contribution in [0.2, 0.25) is 0 Å². The van der Waals surface area contributed by atoms with Crippen LogP contribution in [0.4, 0.5) is 10.1 Å². The summed E-state index contributed by atoms with van der Waals surface area (Å²) in [5, 5.41) is 11.8. The number of imidazole rings is 1. The summed E-state index contributed by atoms with van der Waals surface area (Å²) in [6.07, 6.45) is 4.81. The molecule has 5 aromatic rings. The highest BCUT2D eigenvalue weighted by Gasteiger charge is 2.17. The topological polar surface area (TPSA) is 110 Å². The number of fused-ring (bicyclic) bond motifs is 2. The fraction of sp³-hybridized carbons (Fsp3) is 0.179. The molecule has 3 N–H and O–H groups in total. The second kappa shape index (κ2) is 10.7. The van der Waals surface area contributed by atoms with Crippen LogP contribution in [0.3, 0.4) is 0 Å². The van der Waals surface area contributed by atoms with Crippen molar-refractivity contribution in [3.63, 3.8) is 0 Å². The Hall–Kier alpha value is -4.70. The van der Waals surface area contributed by atoms with E-state index in [-0.39, 0.29) is 5.82 Å². The quantitative estimate of drug-likeness (QED) is 0.183. The zero-order valence-electron chi connectivity index (χ0n) is 21.5. The van der Waals surface area contributed by atoms with Gasteiger partial charge in [-0.2, -0.15) is 5.10 Å². The molecule has 0 atom stereocenters. The smallest absolute Gasteiger partial charge is 0.178 e. The minimum atomic E-state index is -0.318. The minimum absolute atomic E-state index is 0.318. The number of allylic oxidation sites excluding steroid dienone is 1. The number of aliphatic imine (C=N–C) groups is 2. The van der Waals surface area contributed by atoms with Crippen LogP contribution in [0.15, 0.2) is 64.8 Å². The molecule has 0 bridgehead atoms. The van der Waals surface area contributed by atoms with E-state index in [0.29, 0.717) is 34.9 Å². The monoisotopic (exact) mass is 509 g/mol. The van der Waals surface area contributed by atoms with E-state index >= 15 is 0 Å². The van der Waals surface area contributed by atoms with Crippen LogP contribution in [0.25, 0.3) is 50.3 Å². The average molecular weight is 510 g/mol. The zero-order valence-corrected chi connectivity index (χ0v) is 21.5. The summed E-state index contributed by atoms with van der Waals surface area (Å²) in [4.78, 5) is 22.4. The number of rotatable bonds is 9. The van der Waals surface area contributed by atoms with Crippen molar-refractivity contribution in [2.24, 2.45) is 9.98 Å². The Kier molecular flexibility index (Phi) is 7.05. The van der Waals surface area contributed by atoms with E-state index in [1.807, 2.05) is 51.4 Å². The summed E-state index contributed by atoms with van der Waals surface area (Å²) in [5.41, 5.74) is 6.98. The summed E-state index contributed by atoms with van der Waals surface area (Å²) >= 11 is 0. The van der Waals surface area contributed by atoms with Crippen LogP contribution in [0.5, 0.6) is 0 Å². The van der Waals surface area contributed by atoms with Gasteiger partial charge in [-0.25, -0.2) is 19.4 Å². The molecule has 3 heterocycles. The largest absolute Gasteiger partial charge is 0.384 e. The van der Waals surface area contributed by atoms with Gasteiger partial charge in [0.1, 0.15) is 17.8 Å². The molecular weight excluding hydrogens is 481 g/mol. The van der Waals surface area contributed by atoms with Crippen LogP contribution in [-0.2, 0) is 0 Å². The highest BCUT2D eigenvalue weighted by molar-refractivity contribution is 5.97. The third kappa shape index (κ3) is 5.21. The molecule has 0 fully saturated rings. The van der Waals surface area contributed by atoms with Crippen molar-refractivity contribution in [1.29, 1.82) is 0 Å². The van der Waals surface area contributed by atoms with E-state index in [0.717, 1.165) is 39.7 Å². The molecule has 0 aliphatic carbocycles. The maximum atomic E-state index is 14.6. The number of hydrogen-bond donors (Lipinski definition) is 3. The molecule has 0 unspecified atom stereocenters. The van der Waals surface area contributed by atoms with Gasteiger partial charge >= 0.3 is 0 Å². The number of anilines is 1. The van der Waals surface area contributed by atoms with Crippen molar-refractivity contribution in [3.05, 3.63) is 66.2 Å². The highest BCUT2D eigenvalue weighted by Crippen LogP contribution is 2.33. The standard InChI is InChI=1S/C28H28FN9/c1-17(15-31-16-30-2)18-5-6-24-23(13-18)26(37-36-24)28-34-25-22(7-8-33-27(25)35-28)19-11-20(29)14-21(12-19)32-9-10-38(3)4/h5-8,11-16,32H,2,9-10H2,1,3-4H3,(H,36,37)(H,33,34,35)/b17-15+,31-16?. The van der Waals surface area contributed by atoms with Gasteiger partial charge in [-0.05, 0) is 80.8 Å². The van der Waals surface area contributed by atoms with Gasteiger partial charge < -0.3 is 15.2 Å². The Morgan fingerprint density at radius 3 is 2.87 bits per heavy atom. The molecule has 3 aromatic heterocycles. The number of pyridine rings is 1. The van der Waals surface area contributed by atoms with Crippen molar-refractivity contribution in [2.75, 3.05) is 32.5 Å². The lowest BCUT2D eigenvalue weighted by molar-refractivity contribution is 0.425. The number of benzene rings is 2. The van der Waals surface area contributed by atoms with Gasteiger partial charge in [0.15, 0.2) is 11.5 Å². The SMILES string of the molecule is C=NC=N/C=C(\C)c1ccc2[nH]nc(-c3nc4nccc(-c5cc(F)cc(NCCN(C)C)c5)c4[nH]3)c2c1. The minimum Gasteiger partial charge on any atom is -0.384 e. The molecule has 0 aliphatic heterocycles. The first kappa shape index (κ1) is 25.0. The first-order valence-electron chi connectivity index (χ1n) is 12.1. The maximum absolute atomic E-state index is 14.6. The number of aromatic amines is 2. The normalized spacial score (nSPS) is 12.3. The molecule has 0 radical (unpaired) electrons. The van der Waals surface area contributed by atoms with Gasteiger partial charge in [0.2, 0.25) is 0 Å². The molecule has 0 aliphatic rings. The molecule has 10 heteroatoms. The zero-order chi connectivity index (χ0) is 26.6. The van der Waals surface area contributed by atoms with Crippen molar-refractivity contribution in [1.82, 2.24) is 30.0 Å². The lowest BCUT2D eigenvalue weighted by atomic mass is 10.0. The number of hydrogen-bond acceptors (Lipinski definition) is 6. The van der Waals surface area contributed by atoms with Crippen molar-refractivity contribution in [3.8, 4) is 22.6 Å². The summed E-state index contributed by atoms with van der Waals surface area (Å²) < 4.78 is 14.6. The molecule has 192 valence electrons. The first-order chi connectivity index (χ1) is 18.4. The maximum Gasteiger partial charge on any atom is 0.178 e. The van der Waals surface area contributed by atoms with Crippen LogP contribution in [0, 0.1) is 5.82 Å². The predicted molar refractivity (Wildman–Crippen MR) is 153 cm³/mol. The number of aromatic nitrogens is 5. The average Bonchev–Trinajstić information content (AvgIpc) is 3.51. The van der Waals surface area contributed by atoms with Gasteiger partial charge in [-0.3, -0.25) is 10.1 Å². The molecule has 2 aromatic carbocycles. The Morgan fingerprint density at radius 2 is 2.05 bits per heavy atom. The van der Waals surface area contributed by atoms with Gasteiger partial charge in [0, 0.05) is 42.1 Å². The second-order valence-corrected chi connectivity index (χ2v) is 9.19. The molecule has 38 heavy (non-hydrogen) atoms. The molecular formula is C28H28FN9. The van der Waals surface area contributed by atoms with Crippen molar-refractivity contribution in [2.45, 2.75) is 6.92 Å². The number of nitrogens with one attached hydrogen (secondary N) is 3. The summed E-state index contributed by atoms with van der Waals surface area (Å²) in [5.74, 6) is 0.251. The van der Waals surface area contributed by atoms with Gasteiger partial charge in [0.05, 0.1) is 11.0 Å². The van der Waals surface area contributed by atoms with E-state index in [1.54, 1.807) is 12.4 Å². The van der Waals surface area contributed by atoms with Crippen LogP contribution in [0.1, 0.15) is 12.5 Å². The molecule has 0 saturated carbocycles. The van der Waals surface area contributed by atoms with E-state index < -0.39 is 0 Å². The fourth-order valence-corrected chi connectivity index (χ4v) is 4.24. The Bertz CT molecular complexity index is 1680. The first-order valence-corrected chi connectivity index (χ1v) is 12.1. The van der Waals surface area contributed by atoms with E-state index in [4.69, 9.17) is 4.98 Å². The Balaban J connectivity index is 1.54. The van der Waals surface area contributed by atoms with Crippen LogP contribution < -0.4 is 5.32 Å². The molecule has 0 amide bonds. The molecule has 5 rings (SSSR count). The molecule has 0 saturated heterocycles. The van der Waals surface area contributed by atoms with E-state index in [9.17, 15) is 4.39 Å². The summed E-state index contributed by atoms with van der Waals surface area (Å²) in [6.45, 7) is 6.91. The number of H-pyrrole nitrogens is 2. The second-order valence-electron chi connectivity index (χ2n) is 9.19. The van der Waals surface area contributed by atoms with E-state index in [2.05, 4.69) is 47.1 Å². The summed E-state index contributed by atoms with van der Waals surface area (Å²) in [7, 11) is 4.00. The van der Waals surface area contributed by atoms with Crippen molar-refractivity contribution >= 4 is 46.4 Å². The van der Waals surface area contributed by atoms with E-state index in [1.165, 1.54) is 18.5 Å². The van der Waals surface area contributed by atoms with Crippen molar-refractivity contribution < 1.29 is 4.39 Å². The predicted octanol–water partition coefficient (Wildman–Crippen LogP) is 5.37. The fourth-order valence-electron chi connectivity index (χ4n) is 4.24. The van der Waals surface area contributed by atoms with Gasteiger partial charge in [-0.15, -0.1) is 0 Å². The number of halogens is 1. The third-order valence-corrected chi connectivity index (χ3v) is 6.15. The Morgan fingerprint density at radius 1 is 1.18 bits per heavy atom. The lowest BCUT2D eigenvalue weighted by Crippen LogP contribution is -2.20. The highest BCUT2D eigenvalue weighted by atomic mass is 19.1. The molecule has 9 nitrogen and oxygen atoms in total. The lowest BCUT2D eigenvalue weighted by Gasteiger charge is -2.13. The number of likely N-dealkylation sites (N-methyl/N-ethyl adjacent to an activating group) is 1. The van der Waals surface area contributed by atoms with Crippen LogP contribution in [-0.4, -0.2) is 70.3 Å². The van der Waals surface area contributed by atoms with Gasteiger partial charge in [0.25, 0.3) is 0 Å². The Labute approximate surface area is 219 Å². The van der Waals surface area contributed by atoms with Gasteiger partial charge in [-0.1, -0.05) is 6.07 Å². The summed E-state index contributed by atoms with van der Waals surface area (Å²) in [6, 6.07) is 12.8. The third-order valence-electron chi connectivity index (χ3n) is 6.15. The van der Waals surface area contributed by atoms with Crippen LogP contribution >= 0.6 is 0 Å². The molecule has 0 spiro atoms.